The fraction of sp³-hybridized carbons (Fsp3) is 0.294. The normalized spacial score (nSPS) is 13.5. The molecule has 2 aromatic rings. The molecule has 0 radical (unpaired) electrons. The maximum absolute atomic E-state index is 6.19. The van der Waals surface area contributed by atoms with Gasteiger partial charge < -0.3 is 10.1 Å². The van der Waals surface area contributed by atoms with E-state index in [0.717, 1.165) is 27.9 Å². The van der Waals surface area contributed by atoms with Gasteiger partial charge in [-0.25, -0.2) is 0 Å². The van der Waals surface area contributed by atoms with Gasteiger partial charge in [-0.2, -0.15) is 0 Å². The molecule has 0 aliphatic heterocycles. The number of ether oxygens (including phenoxy) is 1. The van der Waals surface area contributed by atoms with E-state index in [9.17, 15) is 0 Å². The van der Waals surface area contributed by atoms with E-state index in [4.69, 9.17) is 27.9 Å². The molecule has 0 unspecified atom stereocenters. The lowest BCUT2D eigenvalue weighted by atomic mass is 10.2. The van der Waals surface area contributed by atoms with Crippen molar-refractivity contribution in [2.45, 2.75) is 32.0 Å². The molecular weight excluding hydrogens is 420 g/mol. The number of hydrogen-bond acceptors (Lipinski definition) is 2. The lowest BCUT2D eigenvalue weighted by Gasteiger charge is -2.13. The van der Waals surface area contributed by atoms with Crippen LogP contribution in [0.2, 0.25) is 10.0 Å². The first-order chi connectivity index (χ1) is 10.6. The molecule has 2 aromatic carbocycles. The highest BCUT2D eigenvalue weighted by Gasteiger charge is 2.20. The standard InChI is InChI=1S/C17H16BrCl2NO.ClH/c18-13-2-6-17(12(7-13)9-21-15-4-5-15)22-10-11-1-3-14(19)8-16(11)20;/h1-3,6-8,15,21H,4-5,9-10H2;1H. The Morgan fingerprint density at radius 3 is 2.57 bits per heavy atom. The van der Waals surface area contributed by atoms with E-state index in [0.29, 0.717) is 22.7 Å². The van der Waals surface area contributed by atoms with Crippen molar-refractivity contribution in [3.05, 3.63) is 62.0 Å². The highest BCUT2D eigenvalue weighted by Crippen LogP contribution is 2.27. The Balaban J connectivity index is 0.00000192. The van der Waals surface area contributed by atoms with Crippen molar-refractivity contribution in [3.8, 4) is 5.75 Å². The van der Waals surface area contributed by atoms with E-state index < -0.39 is 0 Å². The highest BCUT2D eigenvalue weighted by molar-refractivity contribution is 9.10. The van der Waals surface area contributed by atoms with E-state index in [-0.39, 0.29) is 12.4 Å². The fourth-order valence-corrected chi connectivity index (χ4v) is 3.03. The molecule has 124 valence electrons. The monoisotopic (exact) mass is 435 g/mol. The summed E-state index contributed by atoms with van der Waals surface area (Å²) < 4.78 is 7.02. The van der Waals surface area contributed by atoms with E-state index in [2.05, 4.69) is 27.3 Å². The third kappa shape index (κ3) is 5.54. The molecule has 1 aliphatic carbocycles. The van der Waals surface area contributed by atoms with Crippen LogP contribution in [-0.2, 0) is 13.2 Å². The second kappa shape index (κ2) is 8.59. The van der Waals surface area contributed by atoms with E-state index in [1.165, 1.54) is 12.8 Å². The molecule has 0 amide bonds. The van der Waals surface area contributed by atoms with Gasteiger partial charge in [0.1, 0.15) is 12.4 Å². The first-order valence-corrected chi connectivity index (χ1v) is 8.75. The summed E-state index contributed by atoms with van der Waals surface area (Å²) in [6.07, 6.45) is 2.54. The Morgan fingerprint density at radius 1 is 1.09 bits per heavy atom. The summed E-state index contributed by atoms with van der Waals surface area (Å²) in [5.41, 5.74) is 2.07. The molecule has 1 N–H and O–H groups in total. The van der Waals surface area contributed by atoms with Gasteiger partial charge in [-0.05, 0) is 43.2 Å². The molecule has 6 heteroatoms. The van der Waals surface area contributed by atoms with Crippen LogP contribution in [-0.4, -0.2) is 6.04 Å². The summed E-state index contributed by atoms with van der Waals surface area (Å²) in [6, 6.07) is 12.2. The van der Waals surface area contributed by atoms with Crippen molar-refractivity contribution in [2.24, 2.45) is 0 Å². The topological polar surface area (TPSA) is 21.3 Å². The van der Waals surface area contributed by atoms with Crippen LogP contribution in [0.15, 0.2) is 40.9 Å². The van der Waals surface area contributed by atoms with Crippen LogP contribution in [0.1, 0.15) is 24.0 Å². The zero-order chi connectivity index (χ0) is 15.5. The van der Waals surface area contributed by atoms with Crippen molar-refractivity contribution in [2.75, 3.05) is 0 Å². The van der Waals surface area contributed by atoms with Crippen molar-refractivity contribution in [1.29, 1.82) is 0 Å². The largest absolute Gasteiger partial charge is 0.489 e. The predicted octanol–water partition coefficient (Wildman–Crippen LogP) is 6.01. The SMILES string of the molecule is Cl.Clc1ccc(COc2ccc(Br)cc2CNC2CC2)c(Cl)c1. The zero-order valence-electron chi connectivity index (χ0n) is 12.3. The van der Waals surface area contributed by atoms with Crippen molar-refractivity contribution >= 4 is 51.5 Å². The summed E-state index contributed by atoms with van der Waals surface area (Å²) in [7, 11) is 0. The first kappa shape index (κ1) is 18.9. The van der Waals surface area contributed by atoms with Crippen LogP contribution in [0.25, 0.3) is 0 Å². The molecule has 0 saturated heterocycles. The van der Waals surface area contributed by atoms with Gasteiger partial charge in [0.15, 0.2) is 0 Å². The molecule has 0 spiro atoms. The quantitative estimate of drug-likeness (QED) is 0.598. The Labute approximate surface area is 161 Å². The summed E-state index contributed by atoms with van der Waals surface area (Å²) >= 11 is 15.6. The minimum Gasteiger partial charge on any atom is -0.489 e. The first-order valence-electron chi connectivity index (χ1n) is 7.20. The third-order valence-corrected chi connectivity index (χ3v) is 4.66. The molecule has 23 heavy (non-hydrogen) atoms. The van der Waals surface area contributed by atoms with Crippen LogP contribution >= 0.6 is 51.5 Å². The molecular formula is C17H17BrCl3NO. The summed E-state index contributed by atoms with van der Waals surface area (Å²) in [6.45, 7) is 1.24. The summed E-state index contributed by atoms with van der Waals surface area (Å²) in [4.78, 5) is 0. The van der Waals surface area contributed by atoms with Gasteiger partial charge in [-0.15, -0.1) is 12.4 Å². The number of halogens is 4. The fourth-order valence-electron chi connectivity index (χ4n) is 2.16. The second-order valence-corrected chi connectivity index (χ2v) is 7.19. The summed E-state index contributed by atoms with van der Waals surface area (Å²) in [5.74, 6) is 0.877. The van der Waals surface area contributed by atoms with E-state index in [1.807, 2.05) is 24.3 Å². The molecule has 1 fully saturated rings. The average Bonchev–Trinajstić information content (AvgIpc) is 3.30. The zero-order valence-corrected chi connectivity index (χ0v) is 16.2. The number of benzene rings is 2. The van der Waals surface area contributed by atoms with Crippen LogP contribution in [0.4, 0.5) is 0 Å². The minimum atomic E-state index is 0. The van der Waals surface area contributed by atoms with E-state index >= 15 is 0 Å². The van der Waals surface area contributed by atoms with Crippen molar-refractivity contribution in [1.82, 2.24) is 5.32 Å². The maximum Gasteiger partial charge on any atom is 0.124 e. The van der Waals surface area contributed by atoms with Gasteiger partial charge in [-0.3, -0.25) is 0 Å². The highest BCUT2D eigenvalue weighted by atomic mass is 79.9. The number of hydrogen-bond donors (Lipinski definition) is 1. The van der Waals surface area contributed by atoms with Crippen LogP contribution in [0, 0.1) is 0 Å². The molecule has 0 heterocycles. The number of nitrogens with one attached hydrogen (secondary N) is 1. The minimum absolute atomic E-state index is 0. The molecule has 2 nitrogen and oxygen atoms in total. The lowest BCUT2D eigenvalue weighted by molar-refractivity contribution is 0.302. The number of rotatable bonds is 6. The van der Waals surface area contributed by atoms with Crippen molar-refractivity contribution in [3.63, 3.8) is 0 Å². The molecule has 0 atom stereocenters. The van der Waals surface area contributed by atoms with Gasteiger partial charge in [0, 0.05) is 38.2 Å². The smallest absolute Gasteiger partial charge is 0.124 e. The van der Waals surface area contributed by atoms with Gasteiger partial charge in [0.05, 0.1) is 0 Å². The molecule has 1 saturated carbocycles. The molecule has 0 bridgehead atoms. The average molecular weight is 438 g/mol. The van der Waals surface area contributed by atoms with Crippen LogP contribution in [0.3, 0.4) is 0 Å². The predicted molar refractivity (Wildman–Crippen MR) is 102 cm³/mol. The second-order valence-electron chi connectivity index (χ2n) is 5.43. The van der Waals surface area contributed by atoms with Crippen LogP contribution < -0.4 is 10.1 Å². The Hall–Kier alpha value is -0.450. The summed E-state index contributed by atoms with van der Waals surface area (Å²) in [5, 5.41) is 4.77. The van der Waals surface area contributed by atoms with Gasteiger partial charge in [0.25, 0.3) is 0 Å². The molecule has 1 aliphatic rings. The van der Waals surface area contributed by atoms with Gasteiger partial charge in [-0.1, -0.05) is 45.2 Å². The third-order valence-electron chi connectivity index (χ3n) is 3.58. The molecule has 0 aromatic heterocycles. The molecule has 3 rings (SSSR count). The Bertz CT molecular complexity index is 677. The van der Waals surface area contributed by atoms with Gasteiger partial charge >= 0.3 is 0 Å². The maximum atomic E-state index is 6.19. The Morgan fingerprint density at radius 2 is 1.87 bits per heavy atom. The van der Waals surface area contributed by atoms with E-state index in [1.54, 1.807) is 6.07 Å². The van der Waals surface area contributed by atoms with Gasteiger partial charge in [0.2, 0.25) is 0 Å². The lowest BCUT2D eigenvalue weighted by Crippen LogP contribution is -2.16. The van der Waals surface area contributed by atoms with Crippen LogP contribution in [0.5, 0.6) is 5.75 Å². The Kier molecular flexibility index (Phi) is 7.05. The van der Waals surface area contributed by atoms with Crippen molar-refractivity contribution < 1.29 is 4.74 Å².